The third-order valence-corrected chi connectivity index (χ3v) is 3.02. The van der Waals surface area contributed by atoms with Crippen molar-refractivity contribution in [3.63, 3.8) is 0 Å². The molecule has 0 N–H and O–H groups in total. The van der Waals surface area contributed by atoms with Gasteiger partial charge in [0.25, 0.3) is 0 Å². The summed E-state index contributed by atoms with van der Waals surface area (Å²) in [6, 6.07) is 2.05. The first-order chi connectivity index (χ1) is 6.60. The number of carbonyl (C=O) groups is 1. The lowest BCUT2D eigenvalue weighted by Crippen LogP contribution is -2.33. The lowest BCUT2D eigenvalue weighted by atomic mass is 10.1. The summed E-state index contributed by atoms with van der Waals surface area (Å²) >= 11 is 0. The standard InChI is InChI=1S/C11H18N2O/c1-4-9(6-12)11(14)13(3)7-10-5-8(10)2/h8-10H,4-5,7H2,1-3H3. The summed E-state index contributed by atoms with van der Waals surface area (Å²) in [5, 5.41) is 8.75. The van der Waals surface area contributed by atoms with Crippen LogP contribution in [0.4, 0.5) is 0 Å². The number of amides is 1. The van der Waals surface area contributed by atoms with Crippen LogP contribution in [-0.2, 0) is 4.79 Å². The molecule has 3 heteroatoms. The van der Waals surface area contributed by atoms with E-state index in [9.17, 15) is 4.79 Å². The minimum Gasteiger partial charge on any atom is -0.344 e. The van der Waals surface area contributed by atoms with Gasteiger partial charge in [0.05, 0.1) is 6.07 Å². The number of nitriles is 1. The molecule has 0 aromatic rings. The van der Waals surface area contributed by atoms with Crippen LogP contribution in [0.5, 0.6) is 0 Å². The van der Waals surface area contributed by atoms with Gasteiger partial charge in [-0.2, -0.15) is 5.26 Å². The summed E-state index contributed by atoms with van der Waals surface area (Å²) in [5.74, 6) is 0.954. The predicted molar refractivity (Wildman–Crippen MR) is 54.3 cm³/mol. The van der Waals surface area contributed by atoms with E-state index in [0.29, 0.717) is 12.3 Å². The molecule has 0 aromatic carbocycles. The van der Waals surface area contributed by atoms with Crippen molar-refractivity contribution in [1.82, 2.24) is 4.90 Å². The zero-order valence-electron chi connectivity index (χ0n) is 9.16. The number of nitrogens with zero attached hydrogens (tertiary/aromatic N) is 2. The number of carbonyl (C=O) groups excluding carboxylic acids is 1. The minimum absolute atomic E-state index is 0.0194. The Kier molecular flexibility index (Phi) is 3.51. The molecule has 0 radical (unpaired) electrons. The molecule has 1 amide bonds. The van der Waals surface area contributed by atoms with Gasteiger partial charge in [-0.1, -0.05) is 13.8 Å². The van der Waals surface area contributed by atoms with Crippen LogP contribution in [-0.4, -0.2) is 24.4 Å². The SMILES string of the molecule is CCC(C#N)C(=O)N(C)CC1CC1C. The van der Waals surface area contributed by atoms with Crippen molar-refractivity contribution in [3.05, 3.63) is 0 Å². The maximum atomic E-state index is 11.7. The van der Waals surface area contributed by atoms with E-state index in [0.717, 1.165) is 12.5 Å². The summed E-state index contributed by atoms with van der Waals surface area (Å²) in [5.41, 5.74) is 0. The highest BCUT2D eigenvalue weighted by Gasteiger charge is 2.35. The molecule has 3 unspecified atom stereocenters. The molecule has 0 aromatic heterocycles. The summed E-state index contributed by atoms with van der Waals surface area (Å²) in [7, 11) is 1.80. The van der Waals surface area contributed by atoms with Crippen LogP contribution in [0.1, 0.15) is 26.7 Å². The molecular formula is C11H18N2O. The molecule has 0 heterocycles. The zero-order valence-corrected chi connectivity index (χ0v) is 9.16. The van der Waals surface area contributed by atoms with Gasteiger partial charge >= 0.3 is 0 Å². The second-order valence-electron chi connectivity index (χ2n) is 4.28. The maximum Gasteiger partial charge on any atom is 0.239 e. The van der Waals surface area contributed by atoms with Crippen LogP contribution in [0.2, 0.25) is 0 Å². The summed E-state index contributed by atoms with van der Waals surface area (Å²) < 4.78 is 0. The average Bonchev–Trinajstić information content (AvgIpc) is 2.83. The van der Waals surface area contributed by atoms with Crippen molar-refractivity contribution in [2.75, 3.05) is 13.6 Å². The fraction of sp³-hybridized carbons (Fsp3) is 0.818. The summed E-state index contributed by atoms with van der Waals surface area (Å²) in [6.45, 7) is 4.89. The highest BCUT2D eigenvalue weighted by molar-refractivity contribution is 5.80. The van der Waals surface area contributed by atoms with Crippen molar-refractivity contribution < 1.29 is 4.79 Å². The van der Waals surface area contributed by atoms with Gasteiger partial charge < -0.3 is 4.90 Å². The second kappa shape index (κ2) is 4.45. The fourth-order valence-corrected chi connectivity index (χ4v) is 1.68. The molecule has 1 rings (SSSR count). The van der Waals surface area contributed by atoms with Crippen LogP contribution in [0.15, 0.2) is 0 Å². The zero-order chi connectivity index (χ0) is 10.7. The van der Waals surface area contributed by atoms with Crippen molar-refractivity contribution in [2.45, 2.75) is 26.7 Å². The van der Waals surface area contributed by atoms with Crippen molar-refractivity contribution in [3.8, 4) is 6.07 Å². The lowest BCUT2D eigenvalue weighted by molar-refractivity contribution is -0.132. The van der Waals surface area contributed by atoms with Crippen LogP contribution < -0.4 is 0 Å². The van der Waals surface area contributed by atoms with Gasteiger partial charge in [0.2, 0.25) is 5.91 Å². The monoisotopic (exact) mass is 194 g/mol. The summed E-state index contributed by atoms with van der Waals surface area (Å²) in [4.78, 5) is 13.4. The van der Waals surface area contributed by atoms with Gasteiger partial charge in [-0.3, -0.25) is 4.79 Å². The van der Waals surface area contributed by atoms with E-state index >= 15 is 0 Å². The van der Waals surface area contributed by atoms with Gasteiger partial charge in [0.1, 0.15) is 5.92 Å². The van der Waals surface area contributed by atoms with Crippen LogP contribution in [0, 0.1) is 29.1 Å². The van der Waals surface area contributed by atoms with Crippen molar-refractivity contribution >= 4 is 5.91 Å². The van der Waals surface area contributed by atoms with Gasteiger partial charge in [-0.15, -0.1) is 0 Å². The Bertz CT molecular complexity index is 257. The van der Waals surface area contributed by atoms with Gasteiger partial charge in [0.15, 0.2) is 0 Å². The normalized spacial score (nSPS) is 26.4. The van der Waals surface area contributed by atoms with E-state index in [1.165, 1.54) is 6.42 Å². The molecule has 0 spiro atoms. The second-order valence-corrected chi connectivity index (χ2v) is 4.28. The van der Waals surface area contributed by atoms with E-state index in [4.69, 9.17) is 5.26 Å². The molecular weight excluding hydrogens is 176 g/mol. The molecule has 1 aliphatic carbocycles. The highest BCUT2D eigenvalue weighted by atomic mass is 16.2. The van der Waals surface area contributed by atoms with Crippen molar-refractivity contribution in [2.24, 2.45) is 17.8 Å². The van der Waals surface area contributed by atoms with Gasteiger partial charge in [-0.05, 0) is 24.7 Å². The molecule has 0 saturated heterocycles. The van der Waals surface area contributed by atoms with E-state index in [2.05, 4.69) is 6.92 Å². The largest absolute Gasteiger partial charge is 0.344 e. The van der Waals surface area contributed by atoms with E-state index in [-0.39, 0.29) is 5.91 Å². The Balaban J connectivity index is 2.39. The first-order valence-corrected chi connectivity index (χ1v) is 5.24. The van der Waals surface area contributed by atoms with Crippen LogP contribution >= 0.6 is 0 Å². The smallest absolute Gasteiger partial charge is 0.239 e. The Hall–Kier alpha value is -1.04. The van der Waals surface area contributed by atoms with Crippen LogP contribution in [0.25, 0.3) is 0 Å². The third-order valence-electron chi connectivity index (χ3n) is 3.02. The van der Waals surface area contributed by atoms with Crippen LogP contribution in [0.3, 0.4) is 0 Å². The minimum atomic E-state index is -0.450. The molecule has 3 atom stereocenters. The lowest BCUT2D eigenvalue weighted by Gasteiger charge is -2.19. The third kappa shape index (κ3) is 2.47. The highest BCUT2D eigenvalue weighted by Crippen LogP contribution is 2.38. The Morgan fingerprint density at radius 2 is 2.29 bits per heavy atom. The Labute approximate surface area is 85.7 Å². The van der Waals surface area contributed by atoms with E-state index < -0.39 is 5.92 Å². The van der Waals surface area contributed by atoms with Gasteiger partial charge in [-0.25, -0.2) is 0 Å². The molecule has 78 valence electrons. The first-order valence-electron chi connectivity index (χ1n) is 5.24. The Morgan fingerprint density at radius 1 is 1.71 bits per heavy atom. The molecule has 14 heavy (non-hydrogen) atoms. The van der Waals surface area contributed by atoms with Gasteiger partial charge in [0, 0.05) is 13.6 Å². The number of hydrogen-bond donors (Lipinski definition) is 0. The predicted octanol–water partition coefficient (Wildman–Crippen LogP) is 1.65. The quantitative estimate of drug-likeness (QED) is 0.683. The van der Waals surface area contributed by atoms with E-state index in [1.54, 1.807) is 11.9 Å². The fourth-order valence-electron chi connectivity index (χ4n) is 1.68. The average molecular weight is 194 g/mol. The Morgan fingerprint density at radius 3 is 2.64 bits per heavy atom. The molecule has 0 bridgehead atoms. The molecule has 3 nitrogen and oxygen atoms in total. The molecule has 1 aliphatic rings. The first kappa shape index (κ1) is 11.0. The number of hydrogen-bond acceptors (Lipinski definition) is 2. The molecule has 1 saturated carbocycles. The summed E-state index contributed by atoms with van der Waals surface area (Å²) in [6.07, 6.45) is 1.83. The topological polar surface area (TPSA) is 44.1 Å². The number of rotatable bonds is 4. The van der Waals surface area contributed by atoms with E-state index in [1.807, 2.05) is 13.0 Å². The maximum absolute atomic E-state index is 11.7. The molecule has 0 aliphatic heterocycles. The molecule has 1 fully saturated rings. The van der Waals surface area contributed by atoms with Crippen molar-refractivity contribution in [1.29, 1.82) is 5.26 Å².